The molecule has 2 rings (SSSR count). The fraction of sp³-hybridized carbons (Fsp3) is 0.400. The summed E-state index contributed by atoms with van der Waals surface area (Å²) in [6, 6.07) is 3.48. The molecule has 13 heavy (non-hydrogen) atoms. The molecule has 2 nitrogen and oxygen atoms in total. The van der Waals surface area contributed by atoms with E-state index in [4.69, 9.17) is 0 Å². The lowest BCUT2D eigenvalue weighted by molar-refractivity contribution is 0.396. The zero-order chi connectivity index (χ0) is 8.55. The summed E-state index contributed by atoms with van der Waals surface area (Å²) in [4.78, 5) is 0. The van der Waals surface area contributed by atoms with Crippen LogP contribution in [-0.4, -0.2) is 10.2 Å². The van der Waals surface area contributed by atoms with Gasteiger partial charge in [-0.1, -0.05) is 6.07 Å². The normalized spacial score (nSPS) is 14.5. The topological polar surface area (TPSA) is 40.5 Å². The Balaban J connectivity index is 0.000000845. The maximum Gasteiger partial charge on any atom is 0.160 e. The quantitative estimate of drug-likeness (QED) is 0.689. The van der Waals surface area contributed by atoms with E-state index in [9.17, 15) is 10.2 Å². The van der Waals surface area contributed by atoms with E-state index in [0.29, 0.717) is 0 Å². The Morgan fingerprint density at radius 2 is 1.69 bits per heavy atom. The van der Waals surface area contributed by atoms with Gasteiger partial charge in [0.2, 0.25) is 0 Å². The predicted molar refractivity (Wildman–Crippen MR) is 56.7 cm³/mol. The number of hydrogen-bond acceptors (Lipinski definition) is 2. The van der Waals surface area contributed by atoms with Crippen molar-refractivity contribution in [2.75, 3.05) is 0 Å². The zero-order valence-electron chi connectivity index (χ0n) is 7.29. The molecule has 1 aliphatic carbocycles. The first-order valence-electron chi connectivity index (χ1n) is 4.32. The number of phenolic OH excluding ortho intramolecular Hbond substituents is 2. The van der Waals surface area contributed by atoms with Crippen LogP contribution in [0.25, 0.3) is 0 Å². The Morgan fingerprint density at radius 3 is 2.46 bits per heavy atom. The van der Waals surface area contributed by atoms with Crippen LogP contribution in [0.15, 0.2) is 12.1 Å². The average Bonchev–Trinajstić information content (AvgIpc) is 2.12. The van der Waals surface area contributed by atoms with E-state index in [2.05, 4.69) is 0 Å². The van der Waals surface area contributed by atoms with E-state index in [-0.39, 0.29) is 28.5 Å². The second-order valence-electron chi connectivity index (χ2n) is 3.28. The van der Waals surface area contributed by atoms with Crippen LogP contribution in [-0.2, 0) is 12.8 Å². The van der Waals surface area contributed by atoms with E-state index in [0.717, 1.165) is 24.8 Å². The molecule has 0 fully saturated rings. The van der Waals surface area contributed by atoms with Crippen molar-refractivity contribution in [1.82, 2.24) is 0 Å². The number of benzene rings is 1. The molecule has 1 aliphatic rings. The molecule has 0 spiro atoms. The van der Waals surface area contributed by atoms with Crippen molar-refractivity contribution < 1.29 is 10.2 Å². The van der Waals surface area contributed by atoms with Gasteiger partial charge in [-0.2, -0.15) is 0 Å². The van der Waals surface area contributed by atoms with Crippen LogP contribution in [0.4, 0.5) is 0 Å². The molecule has 0 unspecified atom stereocenters. The van der Waals surface area contributed by atoms with Crippen molar-refractivity contribution in [3.05, 3.63) is 23.3 Å². The number of halogens is 1. The predicted octanol–water partition coefficient (Wildman–Crippen LogP) is 2.55. The number of rotatable bonds is 0. The molecule has 1 aromatic carbocycles. The van der Waals surface area contributed by atoms with Crippen molar-refractivity contribution in [2.24, 2.45) is 0 Å². The monoisotopic (exact) mass is 244 g/mol. The van der Waals surface area contributed by atoms with Gasteiger partial charge in [-0.25, -0.2) is 0 Å². The van der Waals surface area contributed by atoms with Gasteiger partial charge in [0.15, 0.2) is 11.5 Å². The van der Waals surface area contributed by atoms with Gasteiger partial charge >= 0.3 is 0 Å². The number of hydrogen-bond donors (Lipinski definition) is 2. The Hall–Kier alpha value is -0.700. The van der Waals surface area contributed by atoms with Crippen LogP contribution in [0.5, 0.6) is 11.5 Å². The molecule has 0 aliphatic heterocycles. The van der Waals surface area contributed by atoms with Crippen molar-refractivity contribution in [1.29, 1.82) is 0 Å². The molecule has 0 atom stereocenters. The third-order valence-corrected chi connectivity index (χ3v) is 2.48. The van der Waals surface area contributed by atoms with Crippen LogP contribution < -0.4 is 0 Å². The molecule has 0 saturated heterocycles. The van der Waals surface area contributed by atoms with Gasteiger partial charge in [0.25, 0.3) is 0 Å². The summed E-state index contributed by atoms with van der Waals surface area (Å²) in [7, 11) is 0. The second kappa shape index (κ2) is 4.01. The fourth-order valence-electron chi connectivity index (χ4n) is 1.80. The Labute approximate surface area is 88.0 Å². The lowest BCUT2D eigenvalue weighted by atomic mass is 9.91. The molecule has 0 heterocycles. The molecule has 0 bridgehead atoms. The van der Waals surface area contributed by atoms with E-state index >= 15 is 0 Å². The maximum atomic E-state index is 9.49. The van der Waals surface area contributed by atoms with E-state index in [1.807, 2.05) is 6.07 Å². The minimum atomic E-state index is 0. The highest BCUT2D eigenvalue weighted by Gasteiger charge is 2.14. The van der Waals surface area contributed by atoms with E-state index in [1.54, 1.807) is 6.07 Å². The van der Waals surface area contributed by atoms with Crippen molar-refractivity contribution >= 4 is 17.0 Å². The molecule has 0 amide bonds. The SMILES string of the molecule is Br.Oc1ccc2c(c1O)CCCC2. The standard InChI is InChI=1S/C10H12O2.BrH/c11-9-6-5-7-3-1-2-4-8(7)10(9)12;/h5-6,11-12H,1-4H2;1H. The molecule has 72 valence electrons. The van der Waals surface area contributed by atoms with E-state index < -0.39 is 0 Å². The lowest BCUT2D eigenvalue weighted by Gasteiger charge is -2.16. The van der Waals surface area contributed by atoms with Gasteiger partial charge in [0.1, 0.15) is 0 Å². The molecule has 0 aromatic heterocycles. The summed E-state index contributed by atoms with van der Waals surface area (Å²) >= 11 is 0. The van der Waals surface area contributed by atoms with Crippen molar-refractivity contribution in [3.8, 4) is 11.5 Å². The highest BCUT2D eigenvalue weighted by molar-refractivity contribution is 8.93. The third kappa shape index (κ3) is 1.80. The van der Waals surface area contributed by atoms with Gasteiger partial charge in [-0.15, -0.1) is 17.0 Å². The summed E-state index contributed by atoms with van der Waals surface area (Å²) in [5, 5.41) is 18.7. The van der Waals surface area contributed by atoms with Gasteiger partial charge < -0.3 is 10.2 Å². The number of aromatic hydroxyl groups is 2. The maximum absolute atomic E-state index is 9.49. The summed E-state index contributed by atoms with van der Waals surface area (Å²) in [5.74, 6) is 0.0999. The van der Waals surface area contributed by atoms with E-state index in [1.165, 1.54) is 12.0 Å². The Morgan fingerprint density at radius 1 is 1.00 bits per heavy atom. The summed E-state index contributed by atoms with van der Waals surface area (Å²) in [6.07, 6.45) is 4.24. The number of phenols is 2. The smallest absolute Gasteiger partial charge is 0.160 e. The average molecular weight is 245 g/mol. The third-order valence-electron chi connectivity index (χ3n) is 2.48. The summed E-state index contributed by atoms with van der Waals surface area (Å²) in [5.41, 5.74) is 2.14. The second-order valence-corrected chi connectivity index (χ2v) is 3.28. The summed E-state index contributed by atoms with van der Waals surface area (Å²) < 4.78 is 0. The molecule has 2 N–H and O–H groups in total. The van der Waals surface area contributed by atoms with Gasteiger partial charge in [0.05, 0.1) is 0 Å². The zero-order valence-corrected chi connectivity index (χ0v) is 9.00. The first-order chi connectivity index (χ1) is 5.79. The molecule has 0 saturated carbocycles. The minimum absolute atomic E-state index is 0. The molecule has 3 heteroatoms. The first kappa shape index (κ1) is 10.4. The first-order valence-corrected chi connectivity index (χ1v) is 4.32. The van der Waals surface area contributed by atoms with Crippen LogP contribution >= 0.6 is 17.0 Å². The number of aryl methyl sites for hydroxylation is 1. The van der Waals surface area contributed by atoms with Crippen LogP contribution in [0.3, 0.4) is 0 Å². The fourth-order valence-corrected chi connectivity index (χ4v) is 1.80. The van der Waals surface area contributed by atoms with Crippen LogP contribution in [0, 0.1) is 0 Å². The van der Waals surface area contributed by atoms with Crippen molar-refractivity contribution in [2.45, 2.75) is 25.7 Å². The number of fused-ring (bicyclic) bond motifs is 1. The molecule has 0 radical (unpaired) electrons. The Bertz CT molecular complexity index is 310. The van der Waals surface area contributed by atoms with Gasteiger partial charge in [-0.3, -0.25) is 0 Å². The van der Waals surface area contributed by atoms with Crippen LogP contribution in [0.1, 0.15) is 24.0 Å². The largest absolute Gasteiger partial charge is 0.504 e. The van der Waals surface area contributed by atoms with Crippen LogP contribution in [0.2, 0.25) is 0 Å². The Kier molecular flexibility index (Phi) is 3.20. The molecule has 1 aromatic rings. The minimum Gasteiger partial charge on any atom is -0.504 e. The highest BCUT2D eigenvalue weighted by atomic mass is 79.9. The highest BCUT2D eigenvalue weighted by Crippen LogP contribution is 2.35. The summed E-state index contributed by atoms with van der Waals surface area (Å²) in [6.45, 7) is 0. The van der Waals surface area contributed by atoms with Gasteiger partial charge in [0, 0.05) is 5.56 Å². The lowest BCUT2D eigenvalue weighted by Crippen LogP contribution is -2.02. The molecular weight excluding hydrogens is 232 g/mol. The van der Waals surface area contributed by atoms with Crippen molar-refractivity contribution in [3.63, 3.8) is 0 Å². The molecular formula is C10H13BrO2. The van der Waals surface area contributed by atoms with Gasteiger partial charge in [-0.05, 0) is 37.3 Å².